The maximum atomic E-state index is 12.9. The number of benzene rings is 1. The maximum absolute atomic E-state index is 12.9. The molecule has 1 aromatic carbocycles. The first-order chi connectivity index (χ1) is 9.13. The highest BCUT2D eigenvalue weighted by Crippen LogP contribution is 2.23. The minimum absolute atomic E-state index is 0.275. The summed E-state index contributed by atoms with van der Waals surface area (Å²) in [7, 11) is 0. The summed E-state index contributed by atoms with van der Waals surface area (Å²) in [6, 6.07) is 6.08. The van der Waals surface area contributed by atoms with Crippen LogP contribution in [0.2, 0.25) is 0 Å². The van der Waals surface area contributed by atoms with E-state index in [4.69, 9.17) is 5.84 Å². The normalized spacial score (nSPS) is 10.3. The van der Waals surface area contributed by atoms with Crippen molar-refractivity contribution in [3.63, 3.8) is 0 Å². The Labute approximate surface area is 111 Å². The van der Waals surface area contributed by atoms with E-state index in [1.54, 1.807) is 12.1 Å². The number of hydrogen-bond donors (Lipinski definition) is 3. The van der Waals surface area contributed by atoms with Crippen LogP contribution < -0.4 is 16.6 Å². The Balaban J connectivity index is 2.35. The van der Waals surface area contributed by atoms with E-state index in [0.29, 0.717) is 23.9 Å². The van der Waals surface area contributed by atoms with Gasteiger partial charge in [-0.2, -0.15) is 0 Å². The maximum Gasteiger partial charge on any atom is 0.148 e. The number of hydrogen-bond acceptors (Lipinski definition) is 5. The molecule has 0 aliphatic heterocycles. The summed E-state index contributed by atoms with van der Waals surface area (Å²) in [4.78, 5) is 8.68. The van der Waals surface area contributed by atoms with Crippen molar-refractivity contribution in [3.8, 4) is 0 Å². The van der Waals surface area contributed by atoms with E-state index in [1.807, 2.05) is 13.8 Å². The first kappa shape index (κ1) is 13.2. The second kappa shape index (κ2) is 5.62. The van der Waals surface area contributed by atoms with E-state index in [1.165, 1.54) is 12.1 Å². The molecule has 0 amide bonds. The highest BCUT2D eigenvalue weighted by Gasteiger charge is 2.09. The molecule has 0 atom stereocenters. The molecule has 6 heteroatoms. The molecule has 4 N–H and O–H groups in total. The molecule has 1 aromatic heterocycles. The Morgan fingerprint density at radius 2 is 1.79 bits per heavy atom. The predicted octanol–water partition coefficient (Wildman–Crippen LogP) is 2.52. The SMILES string of the molecule is CCc1nc(NN)c(C)c(Nc2ccc(F)cc2)n1. The standard InChI is InChI=1S/C13H16FN5/c1-3-11-17-12(8(2)13(18-11)19-15)16-10-6-4-9(14)5-7-10/h4-7H,3,15H2,1-2H3,(H2,16,17,18,19). The van der Waals surface area contributed by atoms with Crippen LogP contribution in [0.3, 0.4) is 0 Å². The Bertz CT molecular complexity index is 568. The zero-order valence-corrected chi connectivity index (χ0v) is 10.9. The molecule has 5 nitrogen and oxygen atoms in total. The van der Waals surface area contributed by atoms with Crippen LogP contribution in [0.1, 0.15) is 18.3 Å². The van der Waals surface area contributed by atoms with Crippen molar-refractivity contribution in [1.82, 2.24) is 9.97 Å². The van der Waals surface area contributed by atoms with Crippen LogP contribution in [-0.4, -0.2) is 9.97 Å². The summed E-state index contributed by atoms with van der Waals surface area (Å²) in [6.07, 6.45) is 0.701. The molecule has 0 unspecified atom stereocenters. The Morgan fingerprint density at radius 3 is 2.37 bits per heavy atom. The first-order valence-corrected chi connectivity index (χ1v) is 6.00. The lowest BCUT2D eigenvalue weighted by Crippen LogP contribution is -2.13. The lowest BCUT2D eigenvalue weighted by Gasteiger charge is -2.13. The smallest absolute Gasteiger partial charge is 0.148 e. The third-order valence-electron chi connectivity index (χ3n) is 2.75. The van der Waals surface area contributed by atoms with Gasteiger partial charge in [0.2, 0.25) is 0 Å². The van der Waals surface area contributed by atoms with Crippen LogP contribution >= 0.6 is 0 Å². The molecule has 0 aliphatic carbocycles. The number of nitrogens with zero attached hydrogens (tertiary/aromatic N) is 2. The Morgan fingerprint density at radius 1 is 1.16 bits per heavy atom. The third-order valence-corrected chi connectivity index (χ3v) is 2.75. The van der Waals surface area contributed by atoms with Crippen molar-refractivity contribution in [2.45, 2.75) is 20.3 Å². The topological polar surface area (TPSA) is 75.9 Å². The predicted molar refractivity (Wildman–Crippen MR) is 73.6 cm³/mol. The van der Waals surface area contributed by atoms with Crippen LogP contribution in [0.15, 0.2) is 24.3 Å². The molecule has 0 radical (unpaired) electrons. The monoisotopic (exact) mass is 261 g/mol. The summed E-state index contributed by atoms with van der Waals surface area (Å²) in [5.41, 5.74) is 4.12. The van der Waals surface area contributed by atoms with Crippen molar-refractivity contribution < 1.29 is 4.39 Å². The summed E-state index contributed by atoms with van der Waals surface area (Å²) in [6.45, 7) is 3.83. The molecule has 0 saturated carbocycles. The van der Waals surface area contributed by atoms with E-state index in [9.17, 15) is 4.39 Å². The summed E-state index contributed by atoms with van der Waals surface area (Å²) >= 11 is 0. The molecule has 100 valence electrons. The highest BCUT2D eigenvalue weighted by molar-refractivity contribution is 5.64. The number of anilines is 3. The van der Waals surface area contributed by atoms with Gasteiger partial charge >= 0.3 is 0 Å². The van der Waals surface area contributed by atoms with Crippen molar-refractivity contribution in [3.05, 3.63) is 41.5 Å². The van der Waals surface area contributed by atoms with Crippen LogP contribution in [0.25, 0.3) is 0 Å². The van der Waals surface area contributed by atoms with Gasteiger partial charge in [-0.1, -0.05) is 6.92 Å². The Kier molecular flexibility index (Phi) is 3.91. The van der Waals surface area contributed by atoms with Crippen molar-refractivity contribution in [2.24, 2.45) is 5.84 Å². The van der Waals surface area contributed by atoms with Gasteiger partial charge in [0.1, 0.15) is 23.3 Å². The van der Waals surface area contributed by atoms with Gasteiger partial charge in [0, 0.05) is 17.7 Å². The zero-order chi connectivity index (χ0) is 13.8. The molecule has 2 aromatic rings. The minimum Gasteiger partial charge on any atom is -0.340 e. The summed E-state index contributed by atoms with van der Waals surface area (Å²) in [5, 5.41) is 3.14. The molecular weight excluding hydrogens is 245 g/mol. The van der Waals surface area contributed by atoms with Crippen molar-refractivity contribution >= 4 is 17.3 Å². The van der Waals surface area contributed by atoms with Gasteiger partial charge in [-0.15, -0.1) is 0 Å². The van der Waals surface area contributed by atoms with E-state index in [2.05, 4.69) is 20.7 Å². The summed E-state index contributed by atoms with van der Waals surface area (Å²) in [5.74, 6) is 7.09. The largest absolute Gasteiger partial charge is 0.340 e. The fourth-order valence-electron chi connectivity index (χ4n) is 1.65. The molecular formula is C13H16FN5. The zero-order valence-electron chi connectivity index (χ0n) is 10.9. The van der Waals surface area contributed by atoms with E-state index in [-0.39, 0.29) is 5.82 Å². The van der Waals surface area contributed by atoms with Crippen LogP contribution in [0.5, 0.6) is 0 Å². The molecule has 0 spiro atoms. The Hall–Kier alpha value is -2.21. The van der Waals surface area contributed by atoms with Gasteiger partial charge in [0.15, 0.2) is 0 Å². The molecule has 2 rings (SSSR count). The first-order valence-electron chi connectivity index (χ1n) is 6.00. The van der Waals surface area contributed by atoms with Gasteiger partial charge in [0.25, 0.3) is 0 Å². The molecule has 0 saturated heterocycles. The number of halogens is 1. The average molecular weight is 261 g/mol. The van der Waals surface area contributed by atoms with Gasteiger partial charge < -0.3 is 10.7 Å². The van der Waals surface area contributed by atoms with Gasteiger partial charge in [0.05, 0.1) is 0 Å². The number of rotatable bonds is 4. The van der Waals surface area contributed by atoms with Crippen LogP contribution in [-0.2, 0) is 6.42 Å². The highest BCUT2D eigenvalue weighted by atomic mass is 19.1. The number of hydrazine groups is 1. The fourth-order valence-corrected chi connectivity index (χ4v) is 1.65. The van der Waals surface area contributed by atoms with E-state index in [0.717, 1.165) is 11.3 Å². The van der Waals surface area contributed by atoms with Gasteiger partial charge in [-0.25, -0.2) is 20.2 Å². The van der Waals surface area contributed by atoms with Gasteiger partial charge in [-0.05, 0) is 31.2 Å². The molecule has 0 fully saturated rings. The number of nitrogens with two attached hydrogens (primary N) is 1. The number of nitrogen functional groups attached to an aromatic ring is 1. The minimum atomic E-state index is -0.275. The van der Waals surface area contributed by atoms with E-state index < -0.39 is 0 Å². The van der Waals surface area contributed by atoms with Crippen LogP contribution in [0.4, 0.5) is 21.7 Å². The fraction of sp³-hybridized carbons (Fsp3) is 0.231. The molecule has 19 heavy (non-hydrogen) atoms. The summed E-state index contributed by atoms with van der Waals surface area (Å²) < 4.78 is 12.9. The molecule has 0 bridgehead atoms. The average Bonchev–Trinajstić information content (AvgIpc) is 2.43. The quantitative estimate of drug-likeness (QED) is 0.582. The molecule has 0 aliphatic rings. The van der Waals surface area contributed by atoms with Crippen molar-refractivity contribution in [1.29, 1.82) is 0 Å². The van der Waals surface area contributed by atoms with Gasteiger partial charge in [-0.3, -0.25) is 0 Å². The molecule has 1 heterocycles. The third kappa shape index (κ3) is 2.97. The number of nitrogens with one attached hydrogen (secondary N) is 2. The lowest BCUT2D eigenvalue weighted by atomic mass is 10.2. The number of aryl methyl sites for hydroxylation is 1. The second-order valence-electron chi connectivity index (χ2n) is 4.09. The lowest BCUT2D eigenvalue weighted by molar-refractivity contribution is 0.628. The number of aromatic nitrogens is 2. The van der Waals surface area contributed by atoms with Crippen LogP contribution in [0, 0.1) is 12.7 Å². The van der Waals surface area contributed by atoms with Crippen molar-refractivity contribution in [2.75, 3.05) is 10.7 Å². The second-order valence-corrected chi connectivity index (χ2v) is 4.09. The van der Waals surface area contributed by atoms with E-state index >= 15 is 0 Å².